The number of hydrogen-bond donors (Lipinski definition) is 1. The second kappa shape index (κ2) is 5.03. The van der Waals surface area contributed by atoms with Gasteiger partial charge in [0.1, 0.15) is 0 Å². The summed E-state index contributed by atoms with van der Waals surface area (Å²) in [5.74, 6) is 0.0538. The maximum Gasteiger partial charge on any atom is 0.264 e. The molecule has 1 N–H and O–H groups in total. The average Bonchev–Trinajstić information content (AvgIpc) is 2.33. The number of aromatic nitrogens is 2. The van der Waals surface area contributed by atoms with Crippen molar-refractivity contribution in [3.8, 4) is 0 Å². The van der Waals surface area contributed by atoms with Gasteiger partial charge in [0.15, 0.2) is 0 Å². The second-order valence-electron chi connectivity index (χ2n) is 3.59. The van der Waals surface area contributed by atoms with Crippen molar-refractivity contribution < 1.29 is 8.42 Å². The smallest absolute Gasteiger partial charge is 0.247 e. The molecule has 94 valence electrons. The molecule has 18 heavy (non-hydrogen) atoms. The molecule has 7 heteroatoms. The van der Waals surface area contributed by atoms with Crippen molar-refractivity contribution in [2.75, 3.05) is 4.72 Å². The fraction of sp³-hybridized carbons (Fsp3) is 0.0909. The Balaban J connectivity index is 2.34. The van der Waals surface area contributed by atoms with Gasteiger partial charge < -0.3 is 0 Å². The van der Waals surface area contributed by atoms with E-state index in [9.17, 15) is 8.42 Å². The summed E-state index contributed by atoms with van der Waals surface area (Å²) in [5.41, 5.74) is 0.840. The van der Waals surface area contributed by atoms with E-state index in [1.54, 1.807) is 18.2 Å². The predicted molar refractivity (Wildman–Crippen MR) is 71.7 cm³/mol. The predicted octanol–water partition coefficient (Wildman–Crippen LogP) is 2.35. The molecule has 0 amide bonds. The minimum atomic E-state index is -3.65. The molecule has 1 aromatic carbocycles. The zero-order valence-electron chi connectivity index (χ0n) is 9.46. The van der Waals surface area contributed by atoms with Crippen molar-refractivity contribution in [2.24, 2.45) is 0 Å². The van der Waals surface area contributed by atoms with Crippen LogP contribution in [0.3, 0.4) is 0 Å². The highest BCUT2D eigenvalue weighted by atomic mass is 79.9. The molecule has 2 rings (SSSR count). The van der Waals surface area contributed by atoms with Crippen LogP contribution in [0, 0.1) is 6.92 Å². The van der Waals surface area contributed by atoms with Gasteiger partial charge in [0.05, 0.1) is 4.90 Å². The average molecular weight is 328 g/mol. The minimum absolute atomic E-state index is 0.0538. The fourth-order valence-corrected chi connectivity index (χ4v) is 2.60. The number of sulfonamides is 1. The molecule has 0 saturated carbocycles. The van der Waals surface area contributed by atoms with Gasteiger partial charge in [0.25, 0.3) is 10.0 Å². The molecule has 2 aromatic rings. The molecule has 0 aliphatic carbocycles. The van der Waals surface area contributed by atoms with E-state index >= 15 is 0 Å². The van der Waals surface area contributed by atoms with Gasteiger partial charge in [-0.05, 0) is 36.8 Å². The third-order valence-corrected chi connectivity index (χ3v) is 4.45. The van der Waals surface area contributed by atoms with Crippen molar-refractivity contribution in [1.29, 1.82) is 0 Å². The molecule has 0 aliphatic heterocycles. The molecule has 5 nitrogen and oxygen atoms in total. The summed E-state index contributed by atoms with van der Waals surface area (Å²) in [7, 11) is -3.65. The first-order chi connectivity index (χ1) is 8.49. The summed E-state index contributed by atoms with van der Waals surface area (Å²) in [4.78, 5) is 7.81. The Bertz CT molecular complexity index is 659. The van der Waals surface area contributed by atoms with E-state index in [-0.39, 0.29) is 10.8 Å². The zero-order chi connectivity index (χ0) is 13.2. The van der Waals surface area contributed by atoms with Crippen molar-refractivity contribution >= 4 is 31.9 Å². The van der Waals surface area contributed by atoms with Gasteiger partial charge in [-0.1, -0.05) is 15.9 Å². The Kier molecular flexibility index (Phi) is 3.63. The number of hydrogen-bond acceptors (Lipinski definition) is 4. The van der Waals surface area contributed by atoms with Gasteiger partial charge in [-0.2, -0.15) is 0 Å². The van der Waals surface area contributed by atoms with Crippen molar-refractivity contribution in [1.82, 2.24) is 9.97 Å². The van der Waals surface area contributed by atoms with Crippen molar-refractivity contribution in [3.63, 3.8) is 0 Å². The van der Waals surface area contributed by atoms with Crippen LogP contribution in [0.15, 0.2) is 46.0 Å². The summed E-state index contributed by atoms with van der Waals surface area (Å²) in [6, 6.07) is 6.40. The van der Waals surface area contributed by atoms with Crippen LogP contribution in [-0.2, 0) is 10.0 Å². The quantitative estimate of drug-likeness (QED) is 0.939. The van der Waals surface area contributed by atoms with Crippen LogP contribution in [0.4, 0.5) is 5.95 Å². The molecule has 0 aliphatic rings. The van der Waals surface area contributed by atoms with Crippen LogP contribution < -0.4 is 4.72 Å². The molecule has 0 atom stereocenters. The lowest BCUT2D eigenvalue weighted by molar-refractivity contribution is 0.600. The van der Waals surface area contributed by atoms with E-state index in [1.165, 1.54) is 18.5 Å². The number of nitrogens with zero attached hydrogens (tertiary/aromatic N) is 2. The van der Waals surface area contributed by atoms with Crippen LogP contribution >= 0.6 is 15.9 Å². The molecule has 0 unspecified atom stereocenters. The number of halogens is 1. The van der Waals surface area contributed by atoms with Gasteiger partial charge in [0.2, 0.25) is 5.95 Å². The van der Waals surface area contributed by atoms with Gasteiger partial charge in [0, 0.05) is 16.9 Å². The Hall–Kier alpha value is -1.47. The van der Waals surface area contributed by atoms with Crippen LogP contribution in [0.1, 0.15) is 5.56 Å². The Morgan fingerprint density at radius 1 is 1.22 bits per heavy atom. The van der Waals surface area contributed by atoms with Crippen molar-refractivity contribution in [2.45, 2.75) is 11.8 Å². The molecule has 0 saturated heterocycles. The Morgan fingerprint density at radius 2 is 1.89 bits per heavy atom. The first-order valence-electron chi connectivity index (χ1n) is 5.05. The van der Waals surface area contributed by atoms with Crippen LogP contribution in [-0.4, -0.2) is 18.4 Å². The van der Waals surface area contributed by atoms with Crippen LogP contribution in [0.25, 0.3) is 0 Å². The van der Waals surface area contributed by atoms with Gasteiger partial charge in [-0.3, -0.25) is 0 Å². The van der Waals surface area contributed by atoms with E-state index < -0.39 is 10.0 Å². The number of rotatable bonds is 3. The third-order valence-electron chi connectivity index (χ3n) is 2.23. The number of nitrogens with one attached hydrogen (secondary N) is 1. The normalized spacial score (nSPS) is 11.2. The number of aryl methyl sites for hydroxylation is 1. The zero-order valence-corrected chi connectivity index (χ0v) is 11.9. The molecule has 0 bridgehead atoms. The monoisotopic (exact) mass is 327 g/mol. The Morgan fingerprint density at radius 3 is 2.50 bits per heavy atom. The largest absolute Gasteiger partial charge is 0.264 e. The topological polar surface area (TPSA) is 72.0 Å². The highest BCUT2D eigenvalue weighted by molar-refractivity contribution is 9.10. The lowest BCUT2D eigenvalue weighted by atomic mass is 10.2. The third kappa shape index (κ3) is 2.85. The first kappa shape index (κ1) is 13.0. The first-order valence-corrected chi connectivity index (χ1v) is 7.33. The maximum atomic E-state index is 12.1. The molecular formula is C11H10BrN3O2S. The van der Waals surface area contributed by atoms with Crippen LogP contribution in [0.2, 0.25) is 0 Å². The lowest BCUT2D eigenvalue weighted by Gasteiger charge is -2.07. The number of benzene rings is 1. The second-order valence-corrected chi connectivity index (χ2v) is 6.13. The van der Waals surface area contributed by atoms with Crippen molar-refractivity contribution in [3.05, 3.63) is 46.7 Å². The molecule has 1 heterocycles. The minimum Gasteiger partial charge on any atom is -0.247 e. The summed E-state index contributed by atoms with van der Waals surface area (Å²) >= 11 is 3.32. The summed E-state index contributed by atoms with van der Waals surface area (Å²) in [5, 5.41) is 0. The molecule has 0 fully saturated rings. The van der Waals surface area contributed by atoms with E-state index in [1.807, 2.05) is 6.92 Å². The summed E-state index contributed by atoms with van der Waals surface area (Å²) in [6.07, 6.45) is 2.94. The van der Waals surface area contributed by atoms with Crippen LogP contribution in [0.5, 0.6) is 0 Å². The molecule has 0 radical (unpaired) electrons. The fourth-order valence-electron chi connectivity index (χ4n) is 1.32. The summed E-state index contributed by atoms with van der Waals surface area (Å²) < 4.78 is 27.3. The highest BCUT2D eigenvalue weighted by Gasteiger charge is 2.15. The van der Waals surface area contributed by atoms with E-state index in [2.05, 4.69) is 30.6 Å². The maximum absolute atomic E-state index is 12.1. The molecule has 0 spiro atoms. The van der Waals surface area contributed by atoms with E-state index in [4.69, 9.17) is 0 Å². The van der Waals surface area contributed by atoms with Gasteiger partial charge in [-0.25, -0.2) is 23.1 Å². The lowest BCUT2D eigenvalue weighted by Crippen LogP contribution is -2.14. The number of anilines is 1. The standard InChI is InChI=1S/C11H10BrN3O2S/c1-8-7-9(3-4-10(8)12)18(16,17)15-11-13-5-2-6-14-11/h2-7H,1H3,(H,13,14,15). The molecule has 1 aromatic heterocycles. The Labute approximate surface area is 113 Å². The highest BCUT2D eigenvalue weighted by Crippen LogP contribution is 2.21. The van der Waals surface area contributed by atoms with Gasteiger partial charge in [-0.15, -0.1) is 0 Å². The SMILES string of the molecule is Cc1cc(S(=O)(=O)Nc2ncccn2)ccc1Br. The van der Waals surface area contributed by atoms with Gasteiger partial charge >= 0.3 is 0 Å². The molecular weight excluding hydrogens is 318 g/mol. The van der Waals surface area contributed by atoms with E-state index in [0.29, 0.717) is 0 Å². The summed E-state index contributed by atoms with van der Waals surface area (Å²) in [6.45, 7) is 1.82. The van der Waals surface area contributed by atoms with E-state index in [0.717, 1.165) is 10.0 Å².